The molecule has 1 amide bonds. The maximum atomic E-state index is 12.3. The normalized spacial score (nSPS) is 10.0. The van der Waals surface area contributed by atoms with Gasteiger partial charge in [-0.3, -0.25) is 19.9 Å². The molecule has 0 fully saturated rings. The Morgan fingerprint density at radius 3 is 2.52 bits per heavy atom. The van der Waals surface area contributed by atoms with Crippen molar-refractivity contribution < 1.29 is 19.2 Å². The molecule has 8 heteroatoms. The van der Waals surface area contributed by atoms with Crippen LogP contribution in [-0.4, -0.2) is 30.0 Å². The van der Waals surface area contributed by atoms with Gasteiger partial charge in [-0.15, -0.1) is 0 Å². The fourth-order valence-electron chi connectivity index (χ4n) is 1.97. The van der Waals surface area contributed by atoms with Crippen LogP contribution in [0.1, 0.15) is 16.1 Å². The van der Waals surface area contributed by atoms with Crippen molar-refractivity contribution >= 4 is 11.6 Å². The molecule has 0 radical (unpaired) electrons. The largest absolute Gasteiger partial charge is 0.493 e. The fraction of sp³-hybridized carbons (Fsp3) is 0.200. The van der Waals surface area contributed by atoms with Crippen molar-refractivity contribution in [3.8, 4) is 11.5 Å². The van der Waals surface area contributed by atoms with E-state index in [1.54, 1.807) is 24.4 Å². The van der Waals surface area contributed by atoms with Crippen LogP contribution in [0.3, 0.4) is 0 Å². The summed E-state index contributed by atoms with van der Waals surface area (Å²) in [4.78, 5) is 26.9. The molecule has 1 heterocycles. The number of rotatable bonds is 6. The summed E-state index contributed by atoms with van der Waals surface area (Å²) in [6, 6.07) is 7.72. The standard InChI is InChI=1S/C15H15N3O5/c1-22-13-7-11(12(18(20)21)8-14(13)23-2)15(19)17-9-10-5-3-4-6-16-10/h3-8H,9H2,1-2H3,(H,17,19). The van der Waals surface area contributed by atoms with Crippen LogP contribution in [0.25, 0.3) is 0 Å². The van der Waals surface area contributed by atoms with Crippen LogP contribution in [0.5, 0.6) is 11.5 Å². The van der Waals surface area contributed by atoms with Gasteiger partial charge in [0.1, 0.15) is 5.56 Å². The van der Waals surface area contributed by atoms with Gasteiger partial charge in [-0.1, -0.05) is 6.07 Å². The number of ether oxygens (including phenoxy) is 2. The van der Waals surface area contributed by atoms with Crippen LogP contribution in [0.4, 0.5) is 5.69 Å². The second kappa shape index (κ2) is 7.21. The molecular formula is C15H15N3O5. The lowest BCUT2D eigenvalue weighted by atomic mass is 10.1. The number of hydrogen-bond donors (Lipinski definition) is 1. The molecule has 0 unspecified atom stereocenters. The van der Waals surface area contributed by atoms with Gasteiger partial charge in [0, 0.05) is 12.3 Å². The lowest BCUT2D eigenvalue weighted by molar-refractivity contribution is -0.385. The van der Waals surface area contributed by atoms with Gasteiger partial charge in [0.2, 0.25) is 0 Å². The maximum Gasteiger partial charge on any atom is 0.286 e. The van der Waals surface area contributed by atoms with E-state index in [2.05, 4.69) is 10.3 Å². The van der Waals surface area contributed by atoms with Crippen molar-refractivity contribution in [2.75, 3.05) is 14.2 Å². The molecule has 8 nitrogen and oxygen atoms in total. The minimum atomic E-state index is -0.641. The summed E-state index contributed by atoms with van der Waals surface area (Å²) in [7, 11) is 2.75. The third-order valence-corrected chi connectivity index (χ3v) is 3.10. The number of carbonyl (C=O) groups is 1. The van der Waals surface area contributed by atoms with Crippen LogP contribution in [0.2, 0.25) is 0 Å². The number of nitrogens with zero attached hydrogens (tertiary/aromatic N) is 2. The highest BCUT2D eigenvalue weighted by molar-refractivity contribution is 5.99. The Kier molecular flexibility index (Phi) is 5.08. The van der Waals surface area contributed by atoms with Gasteiger partial charge in [-0.05, 0) is 12.1 Å². The molecule has 1 aromatic carbocycles. The molecule has 2 aromatic rings. The van der Waals surface area contributed by atoms with Crippen molar-refractivity contribution in [3.05, 3.63) is 57.9 Å². The van der Waals surface area contributed by atoms with Crippen LogP contribution in [0.15, 0.2) is 36.5 Å². The molecule has 0 saturated heterocycles. The summed E-state index contributed by atoms with van der Waals surface area (Å²) in [5, 5.41) is 13.8. The minimum absolute atomic E-state index is 0.108. The number of amides is 1. The van der Waals surface area contributed by atoms with E-state index >= 15 is 0 Å². The molecule has 1 N–H and O–H groups in total. The molecule has 0 aliphatic rings. The number of carbonyl (C=O) groups excluding carboxylic acids is 1. The van der Waals surface area contributed by atoms with Crippen molar-refractivity contribution in [2.45, 2.75) is 6.54 Å². The zero-order valence-electron chi connectivity index (χ0n) is 12.6. The Hall–Kier alpha value is -3.16. The van der Waals surface area contributed by atoms with Crippen LogP contribution in [-0.2, 0) is 6.54 Å². The summed E-state index contributed by atoms with van der Waals surface area (Å²) >= 11 is 0. The van der Waals surface area contributed by atoms with Crippen molar-refractivity contribution in [1.82, 2.24) is 10.3 Å². The highest BCUT2D eigenvalue weighted by Gasteiger charge is 2.24. The summed E-state index contributed by atoms with van der Waals surface area (Å²) in [5.74, 6) is -0.176. The average Bonchev–Trinajstić information content (AvgIpc) is 2.59. The summed E-state index contributed by atoms with van der Waals surface area (Å²) in [6.45, 7) is 0.158. The topological polar surface area (TPSA) is 104 Å². The van der Waals surface area contributed by atoms with E-state index in [-0.39, 0.29) is 29.3 Å². The Bertz CT molecular complexity index is 719. The van der Waals surface area contributed by atoms with Gasteiger partial charge in [0.15, 0.2) is 11.5 Å². The molecule has 0 atom stereocenters. The highest BCUT2D eigenvalue weighted by Crippen LogP contribution is 2.34. The molecule has 0 aliphatic carbocycles. The first kappa shape index (κ1) is 16.2. The minimum Gasteiger partial charge on any atom is -0.493 e. The predicted octanol–water partition coefficient (Wildman–Crippen LogP) is 1.94. The van der Waals surface area contributed by atoms with Gasteiger partial charge >= 0.3 is 0 Å². The second-order valence-electron chi connectivity index (χ2n) is 4.49. The maximum absolute atomic E-state index is 12.3. The second-order valence-corrected chi connectivity index (χ2v) is 4.49. The van der Waals surface area contributed by atoms with E-state index in [1.807, 2.05) is 0 Å². The first-order valence-corrected chi connectivity index (χ1v) is 6.65. The van der Waals surface area contributed by atoms with E-state index in [0.717, 1.165) is 6.07 Å². The van der Waals surface area contributed by atoms with Crippen LogP contribution in [0, 0.1) is 10.1 Å². The van der Waals surface area contributed by atoms with Gasteiger partial charge < -0.3 is 14.8 Å². The first-order valence-electron chi connectivity index (χ1n) is 6.65. The van der Waals surface area contributed by atoms with Gasteiger partial charge in [-0.2, -0.15) is 0 Å². The molecule has 2 rings (SSSR count). The number of hydrogen-bond acceptors (Lipinski definition) is 6. The van der Waals surface area contributed by atoms with Gasteiger partial charge in [-0.25, -0.2) is 0 Å². The van der Waals surface area contributed by atoms with Crippen LogP contribution < -0.4 is 14.8 Å². The molecule has 0 saturated carbocycles. The third kappa shape index (κ3) is 3.73. The zero-order chi connectivity index (χ0) is 16.8. The summed E-state index contributed by atoms with van der Waals surface area (Å²) in [5.41, 5.74) is 0.175. The smallest absolute Gasteiger partial charge is 0.286 e. The van der Waals surface area contributed by atoms with Gasteiger partial charge in [0.25, 0.3) is 11.6 Å². The van der Waals surface area contributed by atoms with E-state index in [4.69, 9.17) is 9.47 Å². The molecule has 0 aliphatic heterocycles. The van der Waals surface area contributed by atoms with Crippen molar-refractivity contribution in [3.63, 3.8) is 0 Å². The Morgan fingerprint density at radius 1 is 1.26 bits per heavy atom. The number of nitro groups is 1. The predicted molar refractivity (Wildman–Crippen MR) is 81.6 cm³/mol. The van der Waals surface area contributed by atoms with Crippen LogP contribution >= 0.6 is 0 Å². The average molecular weight is 317 g/mol. The lowest BCUT2D eigenvalue weighted by Crippen LogP contribution is -2.24. The number of nitro benzene ring substituents is 1. The molecule has 23 heavy (non-hydrogen) atoms. The van der Waals surface area contributed by atoms with E-state index in [1.165, 1.54) is 20.3 Å². The number of pyridine rings is 1. The van der Waals surface area contributed by atoms with Crippen molar-refractivity contribution in [2.24, 2.45) is 0 Å². The Balaban J connectivity index is 2.29. The van der Waals surface area contributed by atoms with E-state index in [9.17, 15) is 14.9 Å². The zero-order valence-corrected chi connectivity index (χ0v) is 12.6. The van der Waals surface area contributed by atoms with E-state index < -0.39 is 10.8 Å². The third-order valence-electron chi connectivity index (χ3n) is 3.10. The summed E-state index contributed by atoms with van der Waals surface area (Å²) in [6.07, 6.45) is 1.60. The number of methoxy groups -OCH3 is 2. The number of nitrogens with one attached hydrogen (secondary N) is 1. The van der Waals surface area contributed by atoms with E-state index in [0.29, 0.717) is 5.69 Å². The van der Waals surface area contributed by atoms with Crippen molar-refractivity contribution in [1.29, 1.82) is 0 Å². The number of aromatic nitrogens is 1. The van der Waals surface area contributed by atoms with Gasteiger partial charge in [0.05, 0.1) is 37.4 Å². The molecule has 120 valence electrons. The lowest BCUT2D eigenvalue weighted by Gasteiger charge is -2.10. The molecular weight excluding hydrogens is 302 g/mol. The fourth-order valence-corrected chi connectivity index (χ4v) is 1.97. The molecule has 0 bridgehead atoms. The molecule has 0 spiro atoms. The Labute approximate surface area is 132 Å². The highest BCUT2D eigenvalue weighted by atomic mass is 16.6. The number of benzene rings is 1. The quantitative estimate of drug-likeness (QED) is 0.645. The first-order chi connectivity index (χ1) is 11.1. The monoisotopic (exact) mass is 317 g/mol. The molecule has 1 aromatic heterocycles. The SMILES string of the molecule is COc1cc(C(=O)NCc2ccccn2)c([N+](=O)[O-])cc1OC. The Morgan fingerprint density at radius 2 is 1.96 bits per heavy atom. The summed E-state index contributed by atoms with van der Waals surface area (Å²) < 4.78 is 10.1.